The number of carbonyl (C=O) groups is 1. The largest absolute Gasteiger partial charge is 0.319 e. The molecule has 0 unspecified atom stereocenters. The number of nitrogens with zero attached hydrogens (tertiary/aromatic N) is 4. The number of rotatable bonds is 5. The lowest BCUT2D eigenvalue weighted by molar-refractivity contribution is -0.384. The second kappa shape index (κ2) is 8.15. The molecule has 1 aromatic heterocycles. The van der Waals surface area contributed by atoms with Gasteiger partial charge in [-0.25, -0.2) is 14.1 Å². The molecule has 4 aromatic rings. The molecule has 0 radical (unpaired) electrons. The van der Waals surface area contributed by atoms with Gasteiger partial charge in [0.1, 0.15) is 5.82 Å². The number of carbonyl (C=O) groups excluding carboxylic acids is 1. The summed E-state index contributed by atoms with van der Waals surface area (Å²) in [5.41, 5.74) is 2.34. The van der Waals surface area contributed by atoms with Crippen LogP contribution in [0.2, 0.25) is 0 Å². The average Bonchev–Trinajstić information content (AvgIpc) is 3.20. The lowest BCUT2D eigenvalue weighted by Gasteiger charge is -2.06. The first kappa shape index (κ1) is 19.9. The molecule has 3 aromatic carbocycles. The number of aryl methyl sites for hydroxylation is 1. The Kier molecular flexibility index (Phi) is 5.23. The highest BCUT2D eigenvalue weighted by atomic mass is 19.1. The number of non-ortho nitro benzene ring substituents is 1. The van der Waals surface area contributed by atoms with Crippen LogP contribution in [0.3, 0.4) is 0 Å². The fourth-order valence-corrected chi connectivity index (χ4v) is 3.02. The van der Waals surface area contributed by atoms with Crippen molar-refractivity contribution in [3.05, 3.63) is 100 Å². The van der Waals surface area contributed by atoms with Crippen LogP contribution in [0.5, 0.6) is 0 Å². The zero-order valence-electron chi connectivity index (χ0n) is 16.3. The van der Waals surface area contributed by atoms with Gasteiger partial charge in [0.25, 0.3) is 11.6 Å². The number of anilines is 1. The average molecular weight is 417 g/mol. The fraction of sp³-hybridized carbons (Fsp3) is 0.0455. The number of aromatic nitrogens is 3. The zero-order valence-corrected chi connectivity index (χ0v) is 16.3. The van der Waals surface area contributed by atoms with Gasteiger partial charge in [0, 0.05) is 23.4 Å². The minimum absolute atomic E-state index is 0.132. The molecule has 0 saturated heterocycles. The Labute approximate surface area is 176 Å². The first-order valence-electron chi connectivity index (χ1n) is 9.26. The Morgan fingerprint density at radius 2 is 1.81 bits per heavy atom. The molecule has 1 amide bonds. The highest BCUT2D eigenvalue weighted by molar-refractivity contribution is 6.02. The van der Waals surface area contributed by atoms with Crippen LogP contribution in [0.4, 0.5) is 15.8 Å². The molecule has 1 N–H and O–H groups in total. The highest BCUT2D eigenvalue weighted by Crippen LogP contribution is 2.23. The number of nitro benzene ring substituents is 1. The molecule has 1 heterocycles. The van der Waals surface area contributed by atoms with Crippen molar-refractivity contribution in [1.29, 1.82) is 0 Å². The minimum Gasteiger partial charge on any atom is -0.319 e. The van der Waals surface area contributed by atoms with E-state index in [9.17, 15) is 19.3 Å². The molecular formula is C22H16FN5O3. The molecule has 31 heavy (non-hydrogen) atoms. The van der Waals surface area contributed by atoms with Crippen LogP contribution in [-0.2, 0) is 0 Å². The summed E-state index contributed by atoms with van der Waals surface area (Å²) in [4.78, 5) is 27.5. The van der Waals surface area contributed by atoms with E-state index in [4.69, 9.17) is 0 Å². The van der Waals surface area contributed by atoms with Gasteiger partial charge in [-0.1, -0.05) is 18.2 Å². The Balaban J connectivity index is 1.74. The van der Waals surface area contributed by atoms with Gasteiger partial charge in [0.2, 0.25) is 5.82 Å². The molecular weight excluding hydrogens is 401 g/mol. The number of hydrogen-bond donors (Lipinski definition) is 1. The first-order chi connectivity index (χ1) is 14.9. The lowest BCUT2D eigenvalue weighted by Crippen LogP contribution is -2.14. The third-order valence-corrected chi connectivity index (χ3v) is 4.47. The van der Waals surface area contributed by atoms with Crippen LogP contribution >= 0.6 is 0 Å². The third-order valence-electron chi connectivity index (χ3n) is 4.47. The molecule has 0 spiro atoms. The number of halogens is 1. The standard InChI is InChI=1S/C22H16FN5O3/c1-14-4-2-6-18(12-14)27-21(15-8-10-16(23)11-9-15)25-20(26-27)22(29)24-17-5-3-7-19(13-17)28(30)31/h2-13H,1H3,(H,24,29). The highest BCUT2D eigenvalue weighted by Gasteiger charge is 2.20. The number of amides is 1. The van der Waals surface area contributed by atoms with E-state index in [1.54, 1.807) is 12.1 Å². The quantitative estimate of drug-likeness (QED) is 0.379. The van der Waals surface area contributed by atoms with Crippen LogP contribution in [0.15, 0.2) is 72.8 Å². The second-order valence-corrected chi connectivity index (χ2v) is 6.78. The predicted octanol–water partition coefficient (Wildman–Crippen LogP) is 4.54. The molecule has 0 bridgehead atoms. The summed E-state index contributed by atoms with van der Waals surface area (Å²) in [6.45, 7) is 1.92. The van der Waals surface area contributed by atoms with E-state index >= 15 is 0 Å². The number of nitrogens with one attached hydrogen (secondary N) is 1. The van der Waals surface area contributed by atoms with E-state index in [0.717, 1.165) is 5.56 Å². The van der Waals surface area contributed by atoms with Crippen molar-refractivity contribution < 1.29 is 14.1 Å². The SMILES string of the molecule is Cc1cccc(-n2nc(C(=O)Nc3cccc([N+](=O)[O-])c3)nc2-c2ccc(F)cc2)c1. The summed E-state index contributed by atoms with van der Waals surface area (Å²) in [5.74, 6) is -0.800. The summed E-state index contributed by atoms with van der Waals surface area (Å²) in [5, 5.41) is 17.9. The van der Waals surface area contributed by atoms with Gasteiger partial charge in [-0.2, -0.15) is 0 Å². The smallest absolute Gasteiger partial charge is 0.295 e. The summed E-state index contributed by atoms with van der Waals surface area (Å²) in [7, 11) is 0. The van der Waals surface area contributed by atoms with Crippen molar-refractivity contribution in [2.24, 2.45) is 0 Å². The van der Waals surface area contributed by atoms with Gasteiger partial charge >= 0.3 is 0 Å². The Morgan fingerprint density at radius 1 is 1.06 bits per heavy atom. The Morgan fingerprint density at radius 3 is 2.52 bits per heavy atom. The monoisotopic (exact) mass is 417 g/mol. The molecule has 0 aliphatic heterocycles. The number of hydrogen-bond acceptors (Lipinski definition) is 5. The van der Waals surface area contributed by atoms with Gasteiger partial charge < -0.3 is 5.32 Å². The molecule has 0 fully saturated rings. The molecule has 0 atom stereocenters. The van der Waals surface area contributed by atoms with Gasteiger partial charge in [0.05, 0.1) is 10.6 Å². The van der Waals surface area contributed by atoms with Crippen molar-refractivity contribution in [3.8, 4) is 17.1 Å². The maximum Gasteiger partial charge on any atom is 0.295 e. The third kappa shape index (κ3) is 4.30. The summed E-state index contributed by atoms with van der Waals surface area (Å²) in [6, 6.07) is 18.7. The maximum atomic E-state index is 13.4. The van der Waals surface area contributed by atoms with Crippen molar-refractivity contribution in [3.63, 3.8) is 0 Å². The van der Waals surface area contributed by atoms with Crippen LogP contribution < -0.4 is 5.32 Å². The van der Waals surface area contributed by atoms with E-state index in [-0.39, 0.29) is 17.2 Å². The van der Waals surface area contributed by atoms with Crippen LogP contribution in [0.1, 0.15) is 16.2 Å². The van der Waals surface area contributed by atoms with E-state index in [2.05, 4.69) is 15.4 Å². The van der Waals surface area contributed by atoms with Crippen LogP contribution in [0, 0.1) is 22.9 Å². The van der Waals surface area contributed by atoms with Gasteiger partial charge in [-0.15, -0.1) is 5.10 Å². The molecule has 0 aliphatic carbocycles. The van der Waals surface area contributed by atoms with Crippen molar-refractivity contribution in [1.82, 2.24) is 14.8 Å². The number of benzene rings is 3. The van der Waals surface area contributed by atoms with Crippen molar-refractivity contribution in [2.75, 3.05) is 5.32 Å². The van der Waals surface area contributed by atoms with Gasteiger partial charge in [0.15, 0.2) is 5.82 Å². The van der Waals surface area contributed by atoms with E-state index in [0.29, 0.717) is 17.1 Å². The van der Waals surface area contributed by atoms with Crippen molar-refractivity contribution >= 4 is 17.3 Å². The molecule has 0 saturated carbocycles. The Hall–Kier alpha value is -4.40. The van der Waals surface area contributed by atoms with Crippen molar-refractivity contribution in [2.45, 2.75) is 6.92 Å². The summed E-state index contributed by atoms with van der Waals surface area (Å²) in [6.07, 6.45) is 0. The van der Waals surface area contributed by atoms with Crippen LogP contribution in [-0.4, -0.2) is 25.6 Å². The second-order valence-electron chi connectivity index (χ2n) is 6.78. The van der Waals surface area contributed by atoms with Gasteiger partial charge in [-0.05, 0) is 55.0 Å². The molecule has 9 heteroatoms. The summed E-state index contributed by atoms with van der Waals surface area (Å²) >= 11 is 0. The van der Waals surface area contributed by atoms with E-state index in [1.165, 1.54) is 41.1 Å². The van der Waals surface area contributed by atoms with Gasteiger partial charge in [-0.3, -0.25) is 14.9 Å². The molecule has 8 nitrogen and oxygen atoms in total. The normalized spacial score (nSPS) is 10.6. The maximum absolute atomic E-state index is 13.4. The van der Waals surface area contributed by atoms with E-state index in [1.807, 2.05) is 31.2 Å². The Bertz CT molecular complexity index is 1280. The lowest BCUT2D eigenvalue weighted by atomic mass is 10.2. The van der Waals surface area contributed by atoms with Crippen LogP contribution in [0.25, 0.3) is 17.1 Å². The summed E-state index contributed by atoms with van der Waals surface area (Å²) < 4.78 is 14.9. The topological polar surface area (TPSA) is 103 Å². The molecule has 0 aliphatic rings. The minimum atomic E-state index is -0.629. The first-order valence-corrected chi connectivity index (χ1v) is 9.26. The predicted molar refractivity (Wildman–Crippen MR) is 113 cm³/mol. The van der Waals surface area contributed by atoms with E-state index < -0.39 is 16.6 Å². The molecule has 4 rings (SSSR count). The zero-order chi connectivity index (χ0) is 22.0. The number of nitro groups is 1. The fourth-order valence-electron chi connectivity index (χ4n) is 3.02. The molecule has 154 valence electrons.